The van der Waals surface area contributed by atoms with E-state index in [1.807, 2.05) is 12.1 Å². The molecule has 3 nitrogen and oxygen atoms in total. The van der Waals surface area contributed by atoms with Gasteiger partial charge in [-0.05, 0) is 70.8 Å². The number of aromatic nitrogens is 1. The van der Waals surface area contributed by atoms with Gasteiger partial charge in [-0.3, -0.25) is 0 Å². The zero-order valence-electron chi connectivity index (χ0n) is 21.5. The smallest absolute Gasteiger partial charge is 0.216 e. The van der Waals surface area contributed by atoms with Gasteiger partial charge in [-0.1, -0.05) is 60.7 Å². The SMILES string of the molecule is Cc1ccc(-c2c(C)ccc3c2oc2c(-c4cc5ccccc5c5ccccc45)c(C#N)ccc23)[n+](C)c1. The van der Waals surface area contributed by atoms with Crippen LogP contribution in [0.1, 0.15) is 16.7 Å². The highest BCUT2D eigenvalue weighted by Gasteiger charge is 2.24. The summed E-state index contributed by atoms with van der Waals surface area (Å²) in [6.07, 6.45) is 2.14. The van der Waals surface area contributed by atoms with Crippen LogP contribution in [-0.2, 0) is 7.05 Å². The van der Waals surface area contributed by atoms with Crippen LogP contribution in [0.5, 0.6) is 0 Å². The first-order chi connectivity index (χ1) is 18.5. The Hall–Kier alpha value is -4.94. The fourth-order valence-electron chi connectivity index (χ4n) is 5.95. The summed E-state index contributed by atoms with van der Waals surface area (Å²) in [6.45, 7) is 4.22. The lowest BCUT2D eigenvalue weighted by molar-refractivity contribution is -0.660. The summed E-state index contributed by atoms with van der Waals surface area (Å²) < 4.78 is 8.98. The second-order valence-corrected chi connectivity index (χ2v) is 10.1. The Balaban J connectivity index is 1.64. The third-order valence-corrected chi connectivity index (χ3v) is 7.71. The maximum atomic E-state index is 10.2. The van der Waals surface area contributed by atoms with E-state index < -0.39 is 0 Å². The molecule has 0 saturated carbocycles. The van der Waals surface area contributed by atoms with Crippen molar-refractivity contribution in [1.82, 2.24) is 0 Å². The topological polar surface area (TPSA) is 40.8 Å². The van der Waals surface area contributed by atoms with Crippen molar-refractivity contribution in [3.05, 3.63) is 114 Å². The highest BCUT2D eigenvalue weighted by molar-refractivity contribution is 6.19. The number of benzene rings is 5. The monoisotopic (exact) mass is 489 g/mol. The average molecular weight is 490 g/mol. The van der Waals surface area contributed by atoms with Crippen molar-refractivity contribution >= 4 is 43.5 Å². The van der Waals surface area contributed by atoms with Crippen LogP contribution >= 0.6 is 0 Å². The van der Waals surface area contributed by atoms with Crippen LogP contribution in [0.3, 0.4) is 0 Å². The van der Waals surface area contributed by atoms with Crippen molar-refractivity contribution in [3.63, 3.8) is 0 Å². The third kappa shape index (κ3) is 3.17. The van der Waals surface area contributed by atoms with E-state index in [0.717, 1.165) is 60.7 Å². The molecule has 0 aliphatic carbocycles. The lowest BCUT2D eigenvalue weighted by Gasteiger charge is -2.12. The first kappa shape index (κ1) is 22.3. The van der Waals surface area contributed by atoms with Gasteiger partial charge in [-0.25, -0.2) is 4.57 Å². The number of hydrogen-bond donors (Lipinski definition) is 0. The van der Waals surface area contributed by atoms with Gasteiger partial charge in [0, 0.05) is 28.0 Å². The molecule has 2 aromatic heterocycles. The summed E-state index contributed by atoms with van der Waals surface area (Å²) in [7, 11) is 2.07. The molecule has 7 rings (SSSR count). The molecule has 0 aliphatic rings. The van der Waals surface area contributed by atoms with Crippen molar-refractivity contribution in [3.8, 4) is 28.5 Å². The molecule has 7 aromatic rings. The van der Waals surface area contributed by atoms with E-state index >= 15 is 0 Å². The van der Waals surface area contributed by atoms with Gasteiger partial charge in [-0.2, -0.15) is 5.26 Å². The Morgan fingerprint density at radius 3 is 2.13 bits per heavy atom. The van der Waals surface area contributed by atoms with Crippen molar-refractivity contribution < 1.29 is 8.98 Å². The van der Waals surface area contributed by atoms with Gasteiger partial charge in [0.2, 0.25) is 5.69 Å². The molecule has 0 spiro atoms. The van der Waals surface area contributed by atoms with E-state index in [-0.39, 0.29) is 0 Å². The molecular formula is C35H25N2O+. The fraction of sp³-hybridized carbons (Fsp3) is 0.0857. The number of nitrogens with zero attached hydrogens (tertiary/aromatic N) is 2. The average Bonchev–Trinajstić information content (AvgIpc) is 3.31. The van der Waals surface area contributed by atoms with E-state index in [4.69, 9.17) is 4.42 Å². The van der Waals surface area contributed by atoms with Gasteiger partial charge in [0.1, 0.15) is 18.2 Å². The number of aryl methyl sites for hydroxylation is 3. The zero-order valence-corrected chi connectivity index (χ0v) is 21.5. The molecule has 180 valence electrons. The van der Waals surface area contributed by atoms with Gasteiger partial charge in [0.15, 0.2) is 6.20 Å². The van der Waals surface area contributed by atoms with Gasteiger partial charge >= 0.3 is 0 Å². The molecular weight excluding hydrogens is 464 g/mol. The van der Waals surface area contributed by atoms with Crippen LogP contribution in [0, 0.1) is 25.2 Å². The Labute approximate surface area is 220 Å². The minimum Gasteiger partial charge on any atom is -0.454 e. The second-order valence-electron chi connectivity index (χ2n) is 10.1. The van der Waals surface area contributed by atoms with E-state index in [9.17, 15) is 5.26 Å². The van der Waals surface area contributed by atoms with Gasteiger partial charge in [-0.15, -0.1) is 0 Å². The van der Waals surface area contributed by atoms with Crippen LogP contribution in [0.4, 0.5) is 0 Å². The predicted molar refractivity (Wildman–Crippen MR) is 155 cm³/mol. The Bertz CT molecular complexity index is 2130. The summed E-state index contributed by atoms with van der Waals surface area (Å²) in [4.78, 5) is 0. The van der Waals surface area contributed by atoms with Crippen molar-refractivity contribution in [1.29, 1.82) is 5.26 Å². The molecule has 38 heavy (non-hydrogen) atoms. The van der Waals surface area contributed by atoms with E-state index in [2.05, 4.69) is 117 Å². The predicted octanol–water partition coefficient (Wildman–Crippen LogP) is 8.54. The normalized spacial score (nSPS) is 11.5. The summed E-state index contributed by atoms with van der Waals surface area (Å²) in [5.74, 6) is 0. The van der Waals surface area contributed by atoms with E-state index in [0.29, 0.717) is 5.56 Å². The molecule has 0 amide bonds. The molecule has 0 N–H and O–H groups in total. The van der Waals surface area contributed by atoms with E-state index in [1.165, 1.54) is 16.3 Å². The van der Waals surface area contributed by atoms with Gasteiger partial charge in [0.25, 0.3) is 0 Å². The second kappa shape index (κ2) is 8.30. The molecule has 0 unspecified atom stereocenters. The molecule has 5 aromatic carbocycles. The summed E-state index contributed by atoms with van der Waals surface area (Å²) in [6, 6.07) is 34.1. The highest BCUT2D eigenvalue weighted by Crippen LogP contribution is 2.44. The molecule has 0 saturated heterocycles. The van der Waals surface area contributed by atoms with Gasteiger partial charge < -0.3 is 4.42 Å². The van der Waals surface area contributed by atoms with Crippen molar-refractivity contribution in [2.75, 3.05) is 0 Å². The van der Waals surface area contributed by atoms with Crippen LogP contribution in [0.15, 0.2) is 102 Å². The molecule has 0 aliphatic heterocycles. The number of rotatable bonds is 2. The molecule has 0 atom stereocenters. The molecule has 0 fully saturated rings. The molecule has 0 radical (unpaired) electrons. The Morgan fingerprint density at radius 2 is 1.37 bits per heavy atom. The first-order valence-electron chi connectivity index (χ1n) is 12.8. The lowest BCUT2D eigenvalue weighted by atomic mass is 9.90. The number of nitriles is 1. The number of fused-ring (bicyclic) bond motifs is 6. The Kier molecular flexibility index (Phi) is 4.86. The molecule has 2 heterocycles. The quantitative estimate of drug-likeness (QED) is 0.180. The van der Waals surface area contributed by atoms with Crippen LogP contribution < -0.4 is 4.57 Å². The fourth-order valence-corrected chi connectivity index (χ4v) is 5.95. The van der Waals surface area contributed by atoms with Crippen molar-refractivity contribution in [2.24, 2.45) is 7.05 Å². The summed E-state index contributed by atoms with van der Waals surface area (Å²) in [5.41, 5.74) is 8.59. The summed E-state index contributed by atoms with van der Waals surface area (Å²) in [5, 5.41) is 16.9. The highest BCUT2D eigenvalue weighted by atomic mass is 16.3. The number of pyridine rings is 1. The minimum absolute atomic E-state index is 0.608. The van der Waals surface area contributed by atoms with Crippen LogP contribution in [-0.4, -0.2) is 0 Å². The van der Waals surface area contributed by atoms with Crippen LogP contribution in [0.25, 0.3) is 65.9 Å². The number of hydrogen-bond acceptors (Lipinski definition) is 2. The molecule has 3 heteroatoms. The first-order valence-corrected chi connectivity index (χ1v) is 12.8. The van der Waals surface area contributed by atoms with Crippen LogP contribution in [0.2, 0.25) is 0 Å². The lowest BCUT2D eigenvalue weighted by Crippen LogP contribution is -2.31. The largest absolute Gasteiger partial charge is 0.454 e. The summed E-state index contributed by atoms with van der Waals surface area (Å²) >= 11 is 0. The maximum Gasteiger partial charge on any atom is 0.216 e. The van der Waals surface area contributed by atoms with Crippen molar-refractivity contribution in [2.45, 2.75) is 13.8 Å². The third-order valence-electron chi connectivity index (χ3n) is 7.71. The maximum absolute atomic E-state index is 10.2. The zero-order chi connectivity index (χ0) is 26.0. The van der Waals surface area contributed by atoms with Gasteiger partial charge in [0.05, 0.1) is 17.2 Å². The minimum atomic E-state index is 0.608. The van der Waals surface area contributed by atoms with E-state index in [1.54, 1.807) is 0 Å². The molecule has 0 bridgehead atoms. The standard InChI is InChI=1S/C35H25N2O/c1-21-12-17-31(37(3)20-21)32-22(2)13-15-28-29-16-14-24(19-36)33(35(29)38-34(28)32)30-18-23-8-4-5-9-25(23)26-10-6-7-11-27(26)30/h4-18,20H,1-3H3/q+1. The number of furan rings is 1. The Morgan fingerprint density at radius 1 is 0.684 bits per heavy atom.